The van der Waals surface area contributed by atoms with Crippen LogP contribution in [-0.2, 0) is 21.2 Å². The van der Waals surface area contributed by atoms with Gasteiger partial charge in [0.15, 0.2) is 4.90 Å². The minimum absolute atomic E-state index is 0.114. The Morgan fingerprint density at radius 1 is 1.18 bits per heavy atom. The van der Waals surface area contributed by atoms with Crippen LogP contribution in [0, 0.1) is 16.0 Å². The number of benzene rings is 2. The number of nitrogens with zero attached hydrogens (tertiary/aromatic N) is 2. The fourth-order valence-electron chi connectivity index (χ4n) is 3.49. The molecule has 0 radical (unpaired) electrons. The van der Waals surface area contributed by atoms with Crippen molar-refractivity contribution < 1.29 is 18.1 Å². The molecule has 0 aromatic heterocycles. The molecule has 0 atom stereocenters. The van der Waals surface area contributed by atoms with Crippen molar-refractivity contribution in [2.24, 2.45) is 5.92 Å². The van der Waals surface area contributed by atoms with E-state index in [0.717, 1.165) is 43.0 Å². The van der Waals surface area contributed by atoms with Crippen LogP contribution in [0.2, 0.25) is 0 Å². The summed E-state index contributed by atoms with van der Waals surface area (Å²) >= 11 is 0. The quantitative estimate of drug-likeness (QED) is 0.612. The SMILES string of the molecule is O=C(C1CC1)N1CCCc2cc(NS(=O)(=O)c3ccccc3[N+](=O)[O-])ccc21. The van der Waals surface area contributed by atoms with E-state index < -0.39 is 20.6 Å². The van der Waals surface area contributed by atoms with Crippen LogP contribution in [-0.4, -0.2) is 25.8 Å². The number of amides is 1. The molecule has 146 valence electrons. The van der Waals surface area contributed by atoms with E-state index in [1.54, 1.807) is 23.1 Å². The average Bonchev–Trinajstić information content (AvgIpc) is 3.51. The lowest BCUT2D eigenvalue weighted by Crippen LogP contribution is -2.36. The lowest BCUT2D eigenvalue weighted by atomic mass is 10.0. The van der Waals surface area contributed by atoms with Crippen LogP contribution < -0.4 is 9.62 Å². The van der Waals surface area contributed by atoms with E-state index in [9.17, 15) is 23.3 Å². The van der Waals surface area contributed by atoms with Crippen molar-refractivity contribution in [2.45, 2.75) is 30.6 Å². The van der Waals surface area contributed by atoms with E-state index in [4.69, 9.17) is 0 Å². The maximum atomic E-state index is 12.7. The molecule has 2 aromatic carbocycles. The number of fused-ring (bicyclic) bond motifs is 1. The van der Waals surface area contributed by atoms with Crippen molar-refractivity contribution in [3.8, 4) is 0 Å². The Kier molecular flexibility index (Phi) is 4.54. The molecule has 9 heteroatoms. The second-order valence-electron chi connectivity index (χ2n) is 7.04. The third-order valence-electron chi connectivity index (χ3n) is 4.99. The predicted molar refractivity (Wildman–Crippen MR) is 104 cm³/mol. The summed E-state index contributed by atoms with van der Waals surface area (Å²) in [7, 11) is -4.12. The first-order chi connectivity index (χ1) is 13.4. The molecule has 8 nitrogen and oxygen atoms in total. The van der Waals surface area contributed by atoms with Crippen LogP contribution >= 0.6 is 0 Å². The lowest BCUT2D eigenvalue weighted by Gasteiger charge is -2.30. The fourth-order valence-corrected chi connectivity index (χ4v) is 4.71. The summed E-state index contributed by atoms with van der Waals surface area (Å²) in [5.41, 5.74) is 1.55. The van der Waals surface area contributed by atoms with Crippen molar-refractivity contribution in [3.63, 3.8) is 0 Å². The molecule has 1 N–H and O–H groups in total. The number of nitro groups is 1. The number of aryl methyl sites for hydroxylation is 1. The molecule has 0 bridgehead atoms. The summed E-state index contributed by atoms with van der Waals surface area (Å²) in [4.78, 5) is 24.3. The Morgan fingerprint density at radius 2 is 1.93 bits per heavy atom. The molecule has 1 fully saturated rings. The molecule has 1 aliphatic heterocycles. The molecule has 1 aliphatic carbocycles. The van der Waals surface area contributed by atoms with Crippen molar-refractivity contribution in [2.75, 3.05) is 16.2 Å². The van der Waals surface area contributed by atoms with Gasteiger partial charge in [0, 0.05) is 29.9 Å². The molecule has 0 saturated heterocycles. The predicted octanol–water partition coefficient (Wildman–Crippen LogP) is 3.08. The third kappa shape index (κ3) is 3.45. The number of para-hydroxylation sites is 1. The highest BCUT2D eigenvalue weighted by Crippen LogP contribution is 2.37. The first kappa shape index (κ1) is 18.4. The van der Waals surface area contributed by atoms with Gasteiger partial charge in [0.2, 0.25) is 5.91 Å². The van der Waals surface area contributed by atoms with Crippen molar-refractivity contribution in [1.82, 2.24) is 0 Å². The van der Waals surface area contributed by atoms with Gasteiger partial charge in [0.05, 0.1) is 4.92 Å². The number of hydrogen-bond acceptors (Lipinski definition) is 5. The Morgan fingerprint density at radius 3 is 2.64 bits per heavy atom. The number of anilines is 2. The standard InChI is InChI=1S/C19H19N3O5S/c23-19(13-7-8-13)21-11-3-4-14-12-15(9-10-16(14)21)20-28(26,27)18-6-2-1-5-17(18)22(24)25/h1-2,5-6,9-10,12-13,20H,3-4,7-8,11H2. The van der Waals surface area contributed by atoms with Gasteiger partial charge in [0.25, 0.3) is 15.7 Å². The second-order valence-corrected chi connectivity index (χ2v) is 8.69. The smallest absolute Gasteiger partial charge is 0.289 e. The highest BCUT2D eigenvalue weighted by atomic mass is 32.2. The van der Waals surface area contributed by atoms with Gasteiger partial charge in [0.1, 0.15) is 0 Å². The molecule has 2 aromatic rings. The molecular weight excluding hydrogens is 382 g/mol. The Bertz CT molecular complexity index is 1060. The van der Waals surface area contributed by atoms with Crippen molar-refractivity contribution in [1.29, 1.82) is 0 Å². The minimum atomic E-state index is -4.12. The van der Waals surface area contributed by atoms with Gasteiger partial charge >= 0.3 is 0 Å². The van der Waals surface area contributed by atoms with E-state index in [1.807, 2.05) is 0 Å². The topological polar surface area (TPSA) is 110 Å². The van der Waals surface area contributed by atoms with Crippen LogP contribution in [0.15, 0.2) is 47.4 Å². The van der Waals surface area contributed by atoms with Gasteiger partial charge in [-0.2, -0.15) is 0 Å². The maximum absolute atomic E-state index is 12.7. The number of rotatable bonds is 5. The highest BCUT2D eigenvalue weighted by molar-refractivity contribution is 7.92. The molecular formula is C19H19N3O5S. The van der Waals surface area contributed by atoms with E-state index in [1.165, 1.54) is 18.2 Å². The van der Waals surface area contributed by atoms with Gasteiger partial charge in [-0.1, -0.05) is 12.1 Å². The zero-order valence-electron chi connectivity index (χ0n) is 15.0. The van der Waals surface area contributed by atoms with E-state index in [2.05, 4.69) is 4.72 Å². The summed E-state index contributed by atoms with van der Waals surface area (Å²) in [5.74, 6) is 0.247. The average molecular weight is 401 g/mol. The Labute approximate surface area is 162 Å². The van der Waals surface area contributed by atoms with E-state index in [0.29, 0.717) is 12.2 Å². The summed E-state index contributed by atoms with van der Waals surface area (Å²) in [6.07, 6.45) is 3.41. The van der Waals surface area contributed by atoms with Crippen LogP contribution in [0.4, 0.5) is 17.1 Å². The number of carbonyl (C=O) groups is 1. The molecule has 2 aliphatic rings. The van der Waals surface area contributed by atoms with E-state index in [-0.39, 0.29) is 16.7 Å². The molecule has 1 heterocycles. The Balaban J connectivity index is 1.63. The van der Waals surface area contributed by atoms with Crippen LogP contribution in [0.25, 0.3) is 0 Å². The number of nitro benzene ring substituents is 1. The first-order valence-electron chi connectivity index (χ1n) is 9.07. The number of sulfonamides is 1. The van der Waals surface area contributed by atoms with Crippen molar-refractivity contribution in [3.05, 3.63) is 58.1 Å². The fraction of sp³-hybridized carbons (Fsp3) is 0.316. The number of nitrogens with one attached hydrogen (secondary N) is 1. The summed E-state index contributed by atoms with van der Waals surface area (Å²) < 4.78 is 27.8. The zero-order chi connectivity index (χ0) is 19.9. The summed E-state index contributed by atoms with van der Waals surface area (Å²) in [6.45, 7) is 0.670. The Hall–Kier alpha value is -2.94. The monoisotopic (exact) mass is 401 g/mol. The van der Waals surface area contributed by atoms with Gasteiger partial charge in [-0.3, -0.25) is 19.6 Å². The molecule has 0 spiro atoms. The third-order valence-corrected chi connectivity index (χ3v) is 6.42. The molecule has 0 unspecified atom stereocenters. The minimum Gasteiger partial charge on any atom is -0.312 e. The van der Waals surface area contributed by atoms with Gasteiger partial charge < -0.3 is 4.90 Å². The van der Waals surface area contributed by atoms with Gasteiger partial charge in [-0.05, 0) is 55.5 Å². The molecule has 4 rings (SSSR count). The highest BCUT2D eigenvalue weighted by Gasteiger charge is 2.35. The van der Waals surface area contributed by atoms with Gasteiger partial charge in [-0.15, -0.1) is 0 Å². The first-order valence-corrected chi connectivity index (χ1v) is 10.6. The normalized spacial score (nSPS) is 16.4. The molecule has 1 saturated carbocycles. The van der Waals surface area contributed by atoms with Crippen molar-refractivity contribution >= 4 is 33.0 Å². The van der Waals surface area contributed by atoms with Crippen LogP contribution in [0.1, 0.15) is 24.8 Å². The number of carbonyl (C=O) groups excluding carboxylic acids is 1. The number of hydrogen-bond donors (Lipinski definition) is 1. The zero-order valence-corrected chi connectivity index (χ0v) is 15.8. The molecule has 28 heavy (non-hydrogen) atoms. The summed E-state index contributed by atoms with van der Waals surface area (Å²) in [6, 6.07) is 10.2. The van der Waals surface area contributed by atoms with Crippen LogP contribution in [0.3, 0.4) is 0 Å². The molecule has 1 amide bonds. The maximum Gasteiger partial charge on any atom is 0.289 e. The summed E-state index contributed by atoms with van der Waals surface area (Å²) in [5, 5.41) is 11.1. The van der Waals surface area contributed by atoms with E-state index >= 15 is 0 Å². The van der Waals surface area contributed by atoms with Crippen LogP contribution in [0.5, 0.6) is 0 Å². The van der Waals surface area contributed by atoms with Gasteiger partial charge in [-0.25, -0.2) is 8.42 Å². The second kappa shape index (κ2) is 6.90. The lowest BCUT2D eigenvalue weighted by molar-refractivity contribution is -0.387. The largest absolute Gasteiger partial charge is 0.312 e.